The van der Waals surface area contributed by atoms with Crippen molar-refractivity contribution in [2.75, 3.05) is 6.61 Å². The number of benzene rings is 3. The molecule has 3 aromatic rings. The number of fused-ring (bicyclic) bond motifs is 5. The van der Waals surface area contributed by atoms with Gasteiger partial charge in [0.2, 0.25) is 0 Å². The molecule has 16 heteroatoms. The Hall–Kier alpha value is -5.94. The van der Waals surface area contributed by atoms with E-state index < -0.39 is 148 Å². The highest BCUT2D eigenvalue weighted by atomic mass is 16.6. The molecule has 5 unspecified atom stereocenters. The zero-order chi connectivity index (χ0) is 50.2. The third-order valence-corrected chi connectivity index (χ3v) is 13.3. The van der Waals surface area contributed by atoms with Crippen LogP contribution in [0.3, 0.4) is 0 Å². The Balaban J connectivity index is 1.38. The number of ether oxygens (including phenoxy) is 5. The summed E-state index contributed by atoms with van der Waals surface area (Å²) in [5.74, 6) is -8.45. The smallest absolute Gasteiger partial charge is 0.338 e. The number of nitrogens with one attached hydrogen (secondary N) is 1. The lowest BCUT2D eigenvalue weighted by atomic mass is 9.44. The Bertz CT molecular complexity index is 2600. The summed E-state index contributed by atoms with van der Waals surface area (Å²) in [6, 6.07) is 6.34. The molecule has 0 aromatic heterocycles. The Kier molecular flexibility index (Phi) is 10.2. The molecule has 2 saturated carbocycles. The molecule has 63 heavy (non-hydrogen) atoms. The van der Waals surface area contributed by atoms with Gasteiger partial charge in [-0.3, -0.25) is 19.2 Å². The van der Waals surface area contributed by atoms with E-state index in [2.05, 4.69) is 5.32 Å². The average Bonchev–Trinajstić information content (AvgIpc) is 3.28. The van der Waals surface area contributed by atoms with E-state index >= 15 is 4.79 Å². The molecule has 1 aliphatic heterocycles. The van der Waals surface area contributed by atoms with Gasteiger partial charge in [-0.1, -0.05) is 62.3 Å². The van der Waals surface area contributed by atoms with Gasteiger partial charge in [0.1, 0.15) is 29.7 Å². The molecule has 5 N–H and O–H groups in total. The largest absolute Gasteiger partial charge is 0.508 e. The fourth-order valence-electron chi connectivity index (χ4n) is 9.97. The van der Waals surface area contributed by atoms with Crippen LogP contribution in [0.25, 0.3) is 0 Å². The number of esters is 4. The van der Waals surface area contributed by atoms with Crippen LogP contribution < -0.4 is 5.32 Å². The molecule has 0 spiro atoms. The molecular weight excluding hydrogens is 819 g/mol. The molecule has 2 bridgehead atoms. The lowest BCUT2D eigenvalue weighted by Gasteiger charge is -2.67. The number of rotatable bonds is 10. The standard InChI is InChI=1S/C47H51NO15/c1-24-31(61-43(57)36(53)35(27-17-19-30(51)20-18-27)48-41(55)28-13-9-7-10-14-28)22-47(58)40(62-42(56)29-15-11-8-12-16-29)38-45(6,32(52)21-33-46(38,23-59-33)63-26(3)50)39(54)37(60-25(2)49)34(24)44(47,4)5/h7-20,31-33,35-38,40,51-53,58H,21-23H2,1-6H3,(H,48,55)/t31?,32-,33+,35?,36?,37+,38?,40?,45+,46-,47+/m0/s1/i7D,9D,10D,13D,14D. The summed E-state index contributed by atoms with van der Waals surface area (Å²) in [4.78, 5) is 84.2. The zero-order valence-electron chi connectivity index (χ0n) is 40.2. The van der Waals surface area contributed by atoms with Crippen molar-refractivity contribution in [2.24, 2.45) is 16.7 Å². The quantitative estimate of drug-likeness (QED) is 0.111. The van der Waals surface area contributed by atoms with Crippen molar-refractivity contribution in [1.29, 1.82) is 0 Å². The zero-order valence-corrected chi connectivity index (χ0v) is 35.2. The Morgan fingerprint density at radius 2 is 1.56 bits per heavy atom. The summed E-state index contributed by atoms with van der Waals surface area (Å²) < 4.78 is 70.8. The van der Waals surface area contributed by atoms with Crippen LogP contribution in [0.15, 0.2) is 96.0 Å². The lowest BCUT2D eigenvalue weighted by Crippen LogP contribution is -2.82. The number of aromatic hydroxyl groups is 1. The summed E-state index contributed by atoms with van der Waals surface area (Å²) in [5, 5.41) is 50.1. The summed E-state index contributed by atoms with van der Waals surface area (Å²) in [6.07, 6.45) is -11.6. The van der Waals surface area contributed by atoms with E-state index in [9.17, 15) is 44.4 Å². The van der Waals surface area contributed by atoms with Crippen molar-refractivity contribution in [1.82, 2.24) is 5.32 Å². The van der Waals surface area contributed by atoms with Crippen LogP contribution >= 0.6 is 0 Å². The lowest BCUT2D eigenvalue weighted by molar-refractivity contribution is -0.346. The third kappa shape index (κ3) is 7.58. The minimum absolute atomic E-state index is 0.000810. The van der Waals surface area contributed by atoms with Gasteiger partial charge in [-0.25, -0.2) is 9.59 Å². The van der Waals surface area contributed by atoms with E-state index in [1.165, 1.54) is 52.0 Å². The number of phenolic OH excluding ortho intramolecular Hbond substituents is 1. The maximum Gasteiger partial charge on any atom is 0.338 e. The van der Waals surface area contributed by atoms with Gasteiger partial charge in [0.05, 0.1) is 42.5 Å². The number of aliphatic hydroxyl groups is 3. The van der Waals surface area contributed by atoms with Gasteiger partial charge >= 0.3 is 23.9 Å². The van der Waals surface area contributed by atoms with E-state index in [4.69, 9.17) is 30.5 Å². The van der Waals surface area contributed by atoms with Gasteiger partial charge < -0.3 is 49.4 Å². The number of hydrogen-bond donors (Lipinski definition) is 5. The van der Waals surface area contributed by atoms with Crippen LogP contribution in [0, 0.1) is 16.7 Å². The molecule has 3 aromatic carbocycles. The van der Waals surface area contributed by atoms with Gasteiger partial charge in [0, 0.05) is 37.7 Å². The van der Waals surface area contributed by atoms with Crippen molar-refractivity contribution < 1.29 is 79.7 Å². The minimum atomic E-state index is -2.52. The van der Waals surface area contributed by atoms with Crippen LogP contribution in [-0.4, -0.2) is 110 Å². The molecule has 334 valence electrons. The Labute approximate surface area is 370 Å². The van der Waals surface area contributed by atoms with Crippen LogP contribution in [-0.2, 0) is 42.9 Å². The molecule has 1 amide bonds. The van der Waals surface area contributed by atoms with E-state index in [0.29, 0.717) is 0 Å². The Morgan fingerprint density at radius 3 is 2.14 bits per heavy atom. The normalized spacial score (nSPS) is 32.7. The SMILES string of the molecule is [2H]c1c([2H])c([2H])c(C(=O)NC(c2ccc(O)cc2)C(O)C(=O)OC2C[C@@]3(O)C(OC(=O)c4ccccc4)C4[C@](C)(C(=O)[C@H](OC(C)=O)C(=C2C)C3(C)C)[C@@H](O)C[C@H]2OC[C@@]42OC(C)=O)c([2H])c1[2H]. The highest BCUT2D eigenvalue weighted by Crippen LogP contribution is 2.64. The first-order valence-electron chi connectivity index (χ1n) is 22.7. The predicted molar refractivity (Wildman–Crippen MR) is 219 cm³/mol. The molecule has 3 aliphatic carbocycles. The van der Waals surface area contributed by atoms with E-state index in [1.807, 2.05) is 0 Å². The minimum Gasteiger partial charge on any atom is -0.508 e. The molecule has 1 saturated heterocycles. The van der Waals surface area contributed by atoms with E-state index in [-0.39, 0.29) is 41.1 Å². The Morgan fingerprint density at radius 1 is 0.905 bits per heavy atom. The second-order valence-electron chi connectivity index (χ2n) is 17.2. The second kappa shape index (κ2) is 16.6. The van der Waals surface area contributed by atoms with Crippen LogP contribution in [0.4, 0.5) is 0 Å². The first-order chi connectivity index (χ1) is 31.7. The summed E-state index contributed by atoms with van der Waals surface area (Å²) in [6.45, 7) is 7.47. The number of carbonyl (C=O) groups is 6. The van der Waals surface area contributed by atoms with Crippen LogP contribution in [0.5, 0.6) is 5.75 Å². The fourth-order valence-corrected chi connectivity index (χ4v) is 9.97. The summed E-state index contributed by atoms with van der Waals surface area (Å²) in [5.41, 5.74) is -9.24. The van der Waals surface area contributed by atoms with Gasteiger partial charge in [-0.15, -0.1) is 0 Å². The molecule has 4 aliphatic rings. The topological polar surface area (TPSA) is 242 Å². The van der Waals surface area contributed by atoms with Crippen molar-refractivity contribution in [2.45, 2.75) is 108 Å². The monoisotopic (exact) mass is 874 g/mol. The van der Waals surface area contributed by atoms with Crippen molar-refractivity contribution in [3.63, 3.8) is 0 Å². The van der Waals surface area contributed by atoms with Crippen molar-refractivity contribution in [3.05, 3.63) is 113 Å². The van der Waals surface area contributed by atoms with Gasteiger partial charge in [0.15, 0.2) is 23.6 Å². The van der Waals surface area contributed by atoms with Gasteiger partial charge in [0.25, 0.3) is 5.91 Å². The van der Waals surface area contributed by atoms with Crippen LogP contribution in [0.2, 0.25) is 0 Å². The highest BCUT2D eigenvalue weighted by molar-refractivity contribution is 5.96. The number of ketones is 1. The maximum absolute atomic E-state index is 15.5. The van der Waals surface area contributed by atoms with E-state index in [0.717, 1.165) is 26.0 Å². The number of aliphatic hydroxyl groups excluding tert-OH is 2. The first-order valence-corrected chi connectivity index (χ1v) is 20.2. The number of amides is 1. The molecule has 11 atom stereocenters. The number of phenols is 1. The predicted octanol–water partition coefficient (Wildman–Crippen LogP) is 3.44. The number of carbonyl (C=O) groups excluding carboxylic acids is 6. The highest BCUT2D eigenvalue weighted by Gasteiger charge is 2.78. The maximum atomic E-state index is 15.5. The number of Topliss-reactive ketones (excluding diaryl/α,β-unsaturated/α-hetero) is 1. The molecule has 7 rings (SSSR count). The van der Waals surface area contributed by atoms with Gasteiger partial charge in [-0.05, 0) is 66.9 Å². The van der Waals surface area contributed by atoms with E-state index in [1.54, 1.807) is 18.2 Å². The summed E-state index contributed by atoms with van der Waals surface area (Å²) >= 11 is 0. The first kappa shape index (κ1) is 38.7. The fraction of sp³-hybridized carbons (Fsp3) is 0.447. The molecular formula is C47H51NO15. The molecule has 0 radical (unpaired) electrons. The molecule has 16 nitrogen and oxygen atoms in total. The van der Waals surface area contributed by atoms with Crippen LogP contribution in [0.1, 0.15) is 93.6 Å². The molecule has 1 heterocycles. The summed E-state index contributed by atoms with van der Waals surface area (Å²) in [7, 11) is 0. The van der Waals surface area contributed by atoms with Crippen molar-refractivity contribution >= 4 is 35.6 Å². The number of hydrogen-bond acceptors (Lipinski definition) is 15. The third-order valence-electron chi connectivity index (χ3n) is 13.3. The second-order valence-corrected chi connectivity index (χ2v) is 17.2. The van der Waals surface area contributed by atoms with Crippen molar-refractivity contribution in [3.8, 4) is 5.75 Å². The average molecular weight is 875 g/mol. The van der Waals surface area contributed by atoms with Gasteiger partial charge in [-0.2, -0.15) is 0 Å². The molecule has 3 fully saturated rings.